The summed E-state index contributed by atoms with van der Waals surface area (Å²) in [6.45, 7) is 2.62. The van der Waals surface area contributed by atoms with Gasteiger partial charge < -0.3 is 5.32 Å². The van der Waals surface area contributed by atoms with Crippen molar-refractivity contribution in [2.75, 3.05) is 0 Å². The number of amides is 1. The molecule has 0 radical (unpaired) electrons. The predicted molar refractivity (Wildman–Crippen MR) is 96.6 cm³/mol. The van der Waals surface area contributed by atoms with E-state index in [4.69, 9.17) is 0 Å². The summed E-state index contributed by atoms with van der Waals surface area (Å²) >= 11 is 0. The zero-order valence-electron chi connectivity index (χ0n) is 14.4. The van der Waals surface area contributed by atoms with Gasteiger partial charge in [0.1, 0.15) is 11.6 Å². The first-order valence-electron chi connectivity index (χ1n) is 8.59. The van der Waals surface area contributed by atoms with Gasteiger partial charge in [0.25, 0.3) is 11.5 Å². The molecule has 0 unspecified atom stereocenters. The van der Waals surface area contributed by atoms with Crippen LogP contribution in [0.4, 0.5) is 4.39 Å². The number of carbonyl (C=O) groups is 1. The molecule has 5 nitrogen and oxygen atoms in total. The van der Waals surface area contributed by atoms with Crippen molar-refractivity contribution in [2.45, 2.75) is 32.9 Å². The highest BCUT2D eigenvalue weighted by atomic mass is 19.1. The fourth-order valence-corrected chi connectivity index (χ4v) is 3.26. The van der Waals surface area contributed by atoms with E-state index in [2.05, 4.69) is 10.3 Å². The third-order valence-corrected chi connectivity index (χ3v) is 4.77. The normalized spacial score (nSPS) is 13.0. The number of aryl methyl sites for hydroxylation is 2. The fourth-order valence-electron chi connectivity index (χ4n) is 3.26. The van der Waals surface area contributed by atoms with Crippen molar-refractivity contribution in [3.63, 3.8) is 0 Å². The number of benzene rings is 2. The fraction of sp³-hybridized carbons (Fsp3) is 0.250. The Hall–Kier alpha value is -3.02. The maximum Gasteiger partial charge on any atom is 0.261 e. The molecule has 0 bridgehead atoms. The lowest BCUT2D eigenvalue weighted by atomic mass is 10.1. The molecule has 132 valence electrons. The van der Waals surface area contributed by atoms with Crippen LogP contribution in [0, 0.1) is 12.7 Å². The summed E-state index contributed by atoms with van der Waals surface area (Å²) in [6, 6.07) is 9.80. The second-order valence-corrected chi connectivity index (χ2v) is 6.59. The molecule has 6 heteroatoms. The number of hydrogen-bond donors (Lipinski definition) is 1. The van der Waals surface area contributed by atoms with Crippen molar-refractivity contribution in [1.82, 2.24) is 14.9 Å². The van der Waals surface area contributed by atoms with Crippen LogP contribution in [0.2, 0.25) is 0 Å². The lowest BCUT2D eigenvalue weighted by Gasteiger charge is -2.08. The molecule has 0 aliphatic carbocycles. The van der Waals surface area contributed by atoms with Crippen molar-refractivity contribution in [3.8, 4) is 0 Å². The summed E-state index contributed by atoms with van der Waals surface area (Å²) in [4.78, 5) is 29.4. The van der Waals surface area contributed by atoms with E-state index >= 15 is 0 Å². The number of nitrogens with zero attached hydrogens (tertiary/aromatic N) is 2. The quantitative estimate of drug-likeness (QED) is 0.789. The van der Waals surface area contributed by atoms with Crippen molar-refractivity contribution in [1.29, 1.82) is 0 Å². The van der Waals surface area contributed by atoms with Gasteiger partial charge in [-0.05, 0) is 48.7 Å². The number of carbonyl (C=O) groups excluding carboxylic acids is 1. The number of rotatable bonds is 3. The predicted octanol–water partition coefficient (Wildman–Crippen LogP) is 2.72. The van der Waals surface area contributed by atoms with Gasteiger partial charge in [0.2, 0.25) is 0 Å². The number of fused-ring (bicyclic) bond motifs is 2. The highest BCUT2D eigenvalue weighted by Crippen LogP contribution is 2.16. The average molecular weight is 351 g/mol. The summed E-state index contributed by atoms with van der Waals surface area (Å²) in [6.07, 6.45) is 1.69. The van der Waals surface area contributed by atoms with Crippen molar-refractivity contribution in [2.24, 2.45) is 0 Å². The first-order valence-corrected chi connectivity index (χ1v) is 8.59. The molecule has 4 rings (SSSR count). The minimum atomic E-state index is -0.291. The van der Waals surface area contributed by atoms with Crippen LogP contribution in [0.25, 0.3) is 10.9 Å². The van der Waals surface area contributed by atoms with Crippen LogP contribution in [0.1, 0.15) is 33.7 Å². The summed E-state index contributed by atoms with van der Waals surface area (Å²) in [5.41, 5.74) is 2.18. The standard InChI is InChI=1S/C20H18FN3O2/c1-12-4-5-13(9-16(12)21)11-22-19(25)14-6-7-15-17(10-14)23-18-3-2-8-24(18)20(15)26/h4-7,9-10H,2-3,8,11H2,1H3,(H,22,25). The minimum absolute atomic E-state index is 0.0513. The molecule has 1 amide bonds. The molecule has 1 aliphatic heterocycles. The molecule has 2 heterocycles. The minimum Gasteiger partial charge on any atom is -0.348 e. The molecule has 0 saturated heterocycles. The van der Waals surface area contributed by atoms with Crippen LogP contribution in [-0.2, 0) is 19.5 Å². The van der Waals surface area contributed by atoms with Crippen LogP contribution < -0.4 is 10.9 Å². The van der Waals surface area contributed by atoms with E-state index in [0.29, 0.717) is 34.1 Å². The zero-order chi connectivity index (χ0) is 18.3. The van der Waals surface area contributed by atoms with Gasteiger partial charge in [-0.3, -0.25) is 14.2 Å². The van der Waals surface area contributed by atoms with Gasteiger partial charge in [0.15, 0.2) is 0 Å². The van der Waals surface area contributed by atoms with Crippen LogP contribution >= 0.6 is 0 Å². The largest absolute Gasteiger partial charge is 0.348 e. The van der Waals surface area contributed by atoms with E-state index in [0.717, 1.165) is 18.7 Å². The lowest BCUT2D eigenvalue weighted by molar-refractivity contribution is 0.0951. The van der Waals surface area contributed by atoms with Gasteiger partial charge >= 0.3 is 0 Å². The van der Waals surface area contributed by atoms with E-state index in [9.17, 15) is 14.0 Å². The van der Waals surface area contributed by atoms with Gasteiger partial charge in [0, 0.05) is 25.1 Å². The van der Waals surface area contributed by atoms with Crippen molar-refractivity contribution < 1.29 is 9.18 Å². The molecule has 0 spiro atoms. The van der Waals surface area contributed by atoms with Crippen LogP contribution in [0.3, 0.4) is 0 Å². The topological polar surface area (TPSA) is 64.0 Å². The molecule has 0 saturated carbocycles. The van der Waals surface area contributed by atoms with Gasteiger partial charge in [-0.25, -0.2) is 9.37 Å². The molecular formula is C20H18FN3O2. The van der Waals surface area contributed by atoms with Crippen LogP contribution in [0.5, 0.6) is 0 Å². The monoisotopic (exact) mass is 351 g/mol. The van der Waals surface area contributed by atoms with Gasteiger partial charge in [-0.2, -0.15) is 0 Å². The van der Waals surface area contributed by atoms with Gasteiger partial charge in [-0.1, -0.05) is 12.1 Å². The van der Waals surface area contributed by atoms with Gasteiger partial charge in [0.05, 0.1) is 10.9 Å². The Labute approximate surface area is 149 Å². The molecular weight excluding hydrogens is 333 g/mol. The molecule has 0 atom stereocenters. The summed E-state index contributed by atoms with van der Waals surface area (Å²) in [5, 5.41) is 3.30. The Morgan fingerprint density at radius 2 is 2.12 bits per heavy atom. The Morgan fingerprint density at radius 3 is 2.92 bits per heavy atom. The Morgan fingerprint density at radius 1 is 1.27 bits per heavy atom. The van der Waals surface area contributed by atoms with E-state index in [1.54, 1.807) is 41.8 Å². The lowest BCUT2D eigenvalue weighted by Crippen LogP contribution is -2.24. The number of aromatic nitrogens is 2. The third-order valence-electron chi connectivity index (χ3n) is 4.77. The second kappa shape index (κ2) is 6.37. The average Bonchev–Trinajstić information content (AvgIpc) is 3.11. The molecule has 2 aromatic carbocycles. The first kappa shape index (κ1) is 16.4. The smallest absolute Gasteiger partial charge is 0.261 e. The Balaban J connectivity index is 1.58. The number of halogens is 1. The van der Waals surface area contributed by atoms with E-state index in [1.165, 1.54) is 6.07 Å². The van der Waals surface area contributed by atoms with E-state index < -0.39 is 0 Å². The summed E-state index contributed by atoms with van der Waals surface area (Å²) in [7, 11) is 0. The van der Waals surface area contributed by atoms with Crippen LogP contribution in [-0.4, -0.2) is 15.5 Å². The molecule has 0 fully saturated rings. The molecule has 26 heavy (non-hydrogen) atoms. The Bertz CT molecular complexity index is 1090. The SMILES string of the molecule is Cc1ccc(CNC(=O)c2ccc3c(=O)n4c(nc3c2)CCC4)cc1F. The number of nitrogens with one attached hydrogen (secondary N) is 1. The molecule has 1 aliphatic rings. The highest BCUT2D eigenvalue weighted by molar-refractivity contribution is 5.97. The molecule has 1 aromatic heterocycles. The van der Waals surface area contributed by atoms with Gasteiger partial charge in [-0.15, -0.1) is 0 Å². The Kier molecular flexibility index (Phi) is 4.03. The van der Waals surface area contributed by atoms with Crippen LogP contribution in [0.15, 0.2) is 41.2 Å². The van der Waals surface area contributed by atoms with Crippen molar-refractivity contribution in [3.05, 3.63) is 75.1 Å². The second-order valence-electron chi connectivity index (χ2n) is 6.59. The summed E-state index contributed by atoms with van der Waals surface area (Å²) < 4.78 is 15.3. The third kappa shape index (κ3) is 2.87. The van der Waals surface area contributed by atoms with E-state index in [1.807, 2.05) is 0 Å². The van der Waals surface area contributed by atoms with Crippen molar-refractivity contribution >= 4 is 16.8 Å². The maximum atomic E-state index is 13.6. The zero-order valence-corrected chi connectivity index (χ0v) is 14.4. The van der Waals surface area contributed by atoms with E-state index in [-0.39, 0.29) is 23.8 Å². The molecule has 1 N–H and O–H groups in total. The summed E-state index contributed by atoms with van der Waals surface area (Å²) in [5.74, 6) is 0.200. The first-order chi connectivity index (χ1) is 12.5. The maximum absolute atomic E-state index is 13.6. The highest BCUT2D eigenvalue weighted by Gasteiger charge is 2.17. The number of hydrogen-bond acceptors (Lipinski definition) is 3. The molecule has 3 aromatic rings.